The van der Waals surface area contributed by atoms with E-state index in [9.17, 15) is 10.2 Å². The molecule has 2 heterocycles. The first-order valence-electron chi connectivity index (χ1n) is 6.03. The quantitative estimate of drug-likeness (QED) is 0.523. The lowest BCUT2D eigenvalue weighted by Crippen LogP contribution is -2.20. The number of aromatic nitrogens is 5. The normalized spacial score (nSPS) is 27.2. The monoisotopic (exact) mass is 265 g/mol. The van der Waals surface area contributed by atoms with E-state index in [-0.39, 0.29) is 30.3 Å². The van der Waals surface area contributed by atoms with Crippen molar-refractivity contribution in [2.45, 2.75) is 25.0 Å². The van der Waals surface area contributed by atoms with Crippen LogP contribution in [0.3, 0.4) is 0 Å². The summed E-state index contributed by atoms with van der Waals surface area (Å²) in [5.74, 6) is 0.260. The summed E-state index contributed by atoms with van der Waals surface area (Å²) in [5.41, 5.74) is 12.1. The number of nitrogens with two attached hydrogens (primary N) is 2. The van der Waals surface area contributed by atoms with Gasteiger partial charge in [-0.25, -0.2) is 4.68 Å². The third-order valence-electron chi connectivity index (χ3n) is 3.53. The van der Waals surface area contributed by atoms with E-state index in [2.05, 4.69) is 20.3 Å². The Bertz CT molecular complexity index is 613. The summed E-state index contributed by atoms with van der Waals surface area (Å²) in [6, 6.07) is -0.282. The van der Waals surface area contributed by atoms with Gasteiger partial charge in [0.05, 0.1) is 12.1 Å². The van der Waals surface area contributed by atoms with Crippen molar-refractivity contribution in [1.82, 2.24) is 25.0 Å². The molecule has 1 saturated carbocycles. The maximum Gasteiger partial charge on any atom is 0.224 e. The minimum absolute atomic E-state index is 0.0411. The first-order valence-corrected chi connectivity index (χ1v) is 6.03. The Morgan fingerprint density at radius 2 is 2.05 bits per heavy atom. The number of hydrogen-bond donors (Lipinski definition) is 4. The second kappa shape index (κ2) is 4.28. The van der Waals surface area contributed by atoms with Crippen LogP contribution < -0.4 is 11.5 Å². The maximum atomic E-state index is 10.1. The van der Waals surface area contributed by atoms with Crippen LogP contribution in [0.4, 0.5) is 11.8 Å². The van der Waals surface area contributed by atoms with E-state index in [1.807, 2.05) is 0 Å². The molecular weight excluding hydrogens is 250 g/mol. The topological polar surface area (TPSA) is 149 Å². The number of aliphatic hydroxyl groups is 2. The van der Waals surface area contributed by atoms with Gasteiger partial charge in [0.2, 0.25) is 5.95 Å². The van der Waals surface area contributed by atoms with E-state index in [0.717, 1.165) is 0 Å². The Balaban J connectivity index is 2.06. The molecule has 2 aromatic heterocycles. The molecule has 0 radical (unpaired) electrons. The summed E-state index contributed by atoms with van der Waals surface area (Å²) < 4.78 is 1.52. The number of nitrogen functional groups attached to an aromatic ring is 2. The van der Waals surface area contributed by atoms with Crippen LogP contribution in [0.25, 0.3) is 11.2 Å². The predicted octanol–water partition coefficient (Wildman–Crippen LogP) is -1.31. The molecule has 1 aliphatic carbocycles. The van der Waals surface area contributed by atoms with Crippen molar-refractivity contribution >= 4 is 22.9 Å². The van der Waals surface area contributed by atoms with Gasteiger partial charge < -0.3 is 21.7 Å². The average molecular weight is 265 g/mol. The third-order valence-corrected chi connectivity index (χ3v) is 3.53. The van der Waals surface area contributed by atoms with Gasteiger partial charge in [0.15, 0.2) is 17.0 Å². The first-order chi connectivity index (χ1) is 9.10. The standard InChI is InChI=1S/C10H15N7O2/c11-8-7-9(14-10(12)13-8)17(16-15-7)5-1-4(3-18)2-6(5)19/h4-6,18-19H,1-3H2,(H4,11,12,13,14)/t4-,5+,6+/m0/s1. The van der Waals surface area contributed by atoms with Gasteiger partial charge in [-0.2, -0.15) is 9.97 Å². The lowest BCUT2D eigenvalue weighted by Gasteiger charge is -2.14. The van der Waals surface area contributed by atoms with Crippen LogP contribution in [0, 0.1) is 5.92 Å². The molecule has 3 atom stereocenters. The van der Waals surface area contributed by atoms with E-state index in [1.54, 1.807) is 0 Å². The minimum atomic E-state index is -0.598. The Hall–Kier alpha value is -2.00. The lowest BCUT2D eigenvalue weighted by atomic mass is 10.1. The highest BCUT2D eigenvalue weighted by molar-refractivity contribution is 5.81. The molecule has 0 aromatic carbocycles. The van der Waals surface area contributed by atoms with E-state index in [0.29, 0.717) is 24.0 Å². The lowest BCUT2D eigenvalue weighted by molar-refractivity contribution is 0.127. The smallest absolute Gasteiger partial charge is 0.224 e. The molecule has 2 aromatic rings. The van der Waals surface area contributed by atoms with Gasteiger partial charge in [-0.05, 0) is 18.8 Å². The zero-order valence-electron chi connectivity index (χ0n) is 10.1. The van der Waals surface area contributed by atoms with Gasteiger partial charge in [-0.1, -0.05) is 5.21 Å². The number of nitrogens with zero attached hydrogens (tertiary/aromatic N) is 5. The second-order valence-electron chi connectivity index (χ2n) is 4.83. The van der Waals surface area contributed by atoms with Crippen LogP contribution in [0.15, 0.2) is 0 Å². The van der Waals surface area contributed by atoms with Crippen LogP contribution in [0.1, 0.15) is 18.9 Å². The van der Waals surface area contributed by atoms with Gasteiger partial charge >= 0.3 is 0 Å². The molecule has 102 valence electrons. The van der Waals surface area contributed by atoms with Crippen molar-refractivity contribution in [1.29, 1.82) is 0 Å². The Morgan fingerprint density at radius 3 is 2.74 bits per heavy atom. The molecule has 0 bridgehead atoms. The molecule has 0 unspecified atom stereocenters. The van der Waals surface area contributed by atoms with Crippen molar-refractivity contribution in [2.24, 2.45) is 5.92 Å². The van der Waals surface area contributed by atoms with E-state index >= 15 is 0 Å². The first kappa shape index (κ1) is 12.1. The van der Waals surface area contributed by atoms with Crippen molar-refractivity contribution < 1.29 is 10.2 Å². The van der Waals surface area contributed by atoms with Crippen LogP contribution in [0.5, 0.6) is 0 Å². The molecule has 1 fully saturated rings. The average Bonchev–Trinajstić information content (AvgIpc) is 2.92. The molecule has 0 amide bonds. The summed E-state index contributed by atoms with van der Waals surface area (Å²) >= 11 is 0. The van der Waals surface area contributed by atoms with Crippen LogP contribution in [-0.4, -0.2) is 47.9 Å². The summed E-state index contributed by atoms with van der Waals surface area (Å²) in [7, 11) is 0. The predicted molar refractivity (Wildman–Crippen MR) is 66.8 cm³/mol. The van der Waals surface area contributed by atoms with E-state index < -0.39 is 6.10 Å². The van der Waals surface area contributed by atoms with Gasteiger partial charge in [0, 0.05) is 6.61 Å². The number of rotatable bonds is 2. The minimum Gasteiger partial charge on any atom is -0.396 e. The fourth-order valence-corrected chi connectivity index (χ4v) is 2.60. The number of aliphatic hydroxyl groups excluding tert-OH is 2. The summed E-state index contributed by atoms with van der Waals surface area (Å²) in [6.45, 7) is 0.0411. The summed E-state index contributed by atoms with van der Waals surface area (Å²) in [6.07, 6.45) is 0.540. The largest absolute Gasteiger partial charge is 0.396 e. The Labute approximate surface area is 108 Å². The molecule has 1 aliphatic rings. The van der Waals surface area contributed by atoms with Gasteiger partial charge in [-0.15, -0.1) is 5.10 Å². The highest BCUT2D eigenvalue weighted by atomic mass is 16.3. The van der Waals surface area contributed by atoms with Gasteiger partial charge in [0.1, 0.15) is 0 Å². The van der Waals surface area contributed by atoms with Crippen LogP contribution in [0.2, 0.25) is 0 Å². The van der Waals surface area contributed by atoms with Crippen LogP contribution >= 0.6 is 0 Å². The zero-order valence-corrected chi connectivity index (χ0v) is 10.1. The highest BCUT2D eigenvalue weighted by Crippen LogP contribution is 2.35. The Morgan fingerprint density at radius 1 is 1.26 bits per heavy atom. The molecule has 9 heteroatoms. The molecular formula is C10H15N7O2. The highest BCUT2D eigenvalue weighted by Gasteiger charge is 2.36. The van der Waals surface area contributed by atoms with Crippen molar-refractivity contribution in [3.05, 3.63) is 0 Å². The van der Waals surface area contributed by atoms with E-state index in [4.69, 9.17) is 11.5 Å². The fraction of sp³-hybridized carbons (Fsp3) is 0.600. The van der Waals surface area contributed by atoms with Crippen molar-refractivity contribution in [2.75, 3.05) is 18.1 Å². The molecule has 3 rings (SSSR count). The SMILES string of the molecule is Nc1nc(N)c2nnn([C@@H]3C[C@H](CO)C[C@H]3O)c2n1. The second-order valence-corrected chi connectivity index (χ2v) is 4.83. The third kappa shape index (κ3) is 1.87. The van der Waals surface area contributed by atoms with Crippen molar-refractivity contribution in [3.8, 4) is 0 Å². The maximum absolute atomic E-state index is 10.1. The molecule has 19 heavy (non-hydrogen) atoms. The van der Waals surface area contributed by atoms with Gasteiger partial charge in [0.25, 0.3) is 0 Å². The fourth-order valence-electron chi connectivity index (χ4n) is 2.60. The van der Waals surface area contributed by atoms with Crippen LogP contribution in [-0.2, 0) is 0 Å². The Kier molecular flexibility index (Phi) is 2.72. The molecule has 0 spiro atoms. The van der Waals surface area contributed by atoms with Gasteiger partial charge in [-0.3, -0.25) is 0 Å². The number of hydrogen-bond acceptors (Lipinski definition) is 8. The molecule has 9 nitrogen and oxygen atoms in total. The zero-order chi connectivity index (χ0) is 13.6. The van der Waals surface area contributed by atoms with E-state index in [1.165, 1.54) is 4.68 Å². The number of fused-ring (bicyclic) bond motifs is 1. The molecule has 0 saturated heterocycles. The summed E-state index contributed by atoms with van der Waals surface area (Å²) in [5, 5.41) is 27.1. The summed E-state index contributed by atoms with van der Waals surface area (Å²) in [4.78, 5) is 7.90. The number of anilines is 2. The van der Waals surface area contributed by atoms with Crippen molar-refractivity contribution in [3.63, 3.8) is 0 Å². The molecule has 0 aliphatic heterocycles. The molecule has 6 N–H and O–H groups in total.